The smallest absolute Gasteiger partial charge is 0.0708 e. The Labute approximate surface area is 63.0 Å². The molecule has 0 aliphatic carbocycles. The van der Waals surface area contributed by atoms with Gasteiger partial charge < -0.3 is 10.1 Å². The van der Waals surface area contributed by atoms with Crippen molar-refractivity contribution in [1.82, 2.24) is 5.32 Å². The van der Waals surface area contributed by atoms with Crippen molar-refractivity contribution in [3.8, 4) is 12.3 Å². The molecule has 58 valence electrons. The molecule has 1 atom stereocenters. The lowest BCUT2D eigenvalue weighted by molar-refractivity contribution is 0.189. The van der Waals surface area contributed by atoms with E-state index in [0.717, 1.165) is 19.6 Å². The van der Waals surface area contributed by atoms with Crippen LogP contribution in [0.3, 0.4) is 0 Å². The molecule has 10 heavy (non-hydrogen) atoms. The third-order valence-electron chi connectivity index (χ3n) is 1.26. The van der Waals surface area contributed by atoms with E-state index in [-0.39, 0.29) is 6.04 Å². The first-order valence-electron chi connectivity index (χ1n) is 3.53. The molecule has 0 saturated heterocycles. The van der Waals surface area contributed by atoms with E-state index in [1.807, 2.05) is 6.92 Å². The second-order valence-corrected chi connectivity index (χ2v) is 2.06. The van der Waals surface area contributed by atoms with Crippen LogP contribution in [0, 0.1) is 12.3 Å². The highest BCUT2D eigenvalue weighted by molar-refractivity contribution is 4.98. The largest absolute Gasteiger partial charge is 0.385 e. The number of nitrogens with one attached hydrogen (secondary N) is 1. The fourth-order valence-corrected chi connectivity index (χ4v) is 0.726. The SMILES string of the molecule is C#CC(CCOC)NCC. The summed E-state index contributed by atoms with van der Waals surface area (Å²) in [7, 11) is 1.68. The summed E-state index contributed by atoms with van der Waals surface area (Å²) in [5.74, 6) is 2.65. The predicted molar refractivity (Wildman–Crippen MR) is 42.8 cm³/mol. The van der Waals surface area contributed by atoms with E-state index in [1.165, 1.54) is 0 Å². The average Bonchev–Trinajstić information content (AvgIpc) is 1.98. The Morgan fingerprint density at radius 2 is 2.40 bits per heavy atom. The Bertz CT molecular complexity index is 106. The normalized spacial score (nSPS) is 12.5. The summed E-state index contributed by atoms with van der Waals surface area (Å²) in [6.07, 6.45) is 6.12. The number of hydrogen-bond donors (Lipinski definition) is 1. The van der Waals surface area contributed by atoms with Gasteiger partial charge in [0.25, 0.3) is 0 Å². The zero-order valence-corrected chi connectivity index (χ0v) is 6.68. The third-order valence-corrected chi connectivity index (χ3v) is 1.26. The lowest BCUT2D eigenvalue weighted by Gasteiger charge is -2.09. The van der Waals surface area contributed by atoms with E-state index in [2.05, 4.69) is 11.2 Å². The predicted octanol–water partition coefficient (Wildman–Crippen LogP) is 0.634. The van der Waals surface area contributed by atoms with E-state index in [0.29, 0.717) is 0 Å². The van der Waals surface area contributed by atoms with Crippen molar-refractivity contribution in [2.75, 3.05) is 20.3 Å². The zero-order chi connectivity index (χ0) is 7.82. The summed E-state index contributed by atoms with van der Waals surface area (Å²) in [6.45, 7) is 3.68. The molecule has 0 aromatic heterocycles. The maximum absolute atomic E-state index is 5.23. The maximum Gasteiger partial charge on any atom is 0.0708 e. The molecule has 0 radical (unpaired) electrons. The van der Waals surface area contributed by atoms with E-state index in [1.54, 1.807) is 7.11 Å². The molecule has 0 saturated carbocycles. The molecule has 2 heteroatoms. The van der Waals surface area contributed by atoms with E-state index >= 15 is 0 Å². The van der Waals surface area contributed by atoms with Crippen LogP contribution in [0.1, 0.15) is 13.3 Å². The monoisotopic (exact) mass is 141 g/mol. The molecule has 1 N–H and O–H groups in total. The van der Waals surface area contributed by atoms with Crippen LogP contribution in [-0.2, 0) is 4.74 Å². The lowest BCUT2D eigenvalue weighted by Crippen LogP contribution is -2.28. The number of methoxy groups -OCH3 is 1. The topological polar surface area (TPSA) is 21.3 Å². The highest BCUT2D eigenvalue weighted by Gasteiger charge is 1.99. The highest BCUT2D eigenvalue weighted by atomic mass is 16.5. The summed E-state index contributed by atoms with van der Waals surface area (Å²) in [5.41, 5.74) is 0. The van der Waals surface area contributed by atoms with Crippen LogP contribution in [-0.4, -0.2) is 26.3 Å². The summed E-state index contributed by atoms with van der Waals surface area (Å²) >= 11 is 0. The van der Waals surface area contributed by atoms with Gasteiger partial charge >= 0.3 is 0 Å². The van der Waals surface area contributed by atoms with Crippen molar-refractivity contribution in [2.45, 2.75) is 19.4 Å². The quantitative estimate of drug-likeness (QED) is 0.567. The van der Waals surface area contributed by atoms with Gasteiger partial charge in [0.05, 0.1) is 6.04 Å². The molecule has 0 rings (SSSR count). The van der Waals surface area contributed by atoms with Gasteiger partial charge in [-0.1, -0.05) is 12.8 Å². The Hall–Kier alpha value is -0.520. The Morgan fingerprint density at radius 3 is 2.80 bits per heavy atom. The molecule has 0 bridgehead atoms. The fraction of sp³-hybridized carbons (Fsp3) is 0.750. The van der Waals surface area contributed by atoms with Gasteiger partial charge in [0.1, 0.15) is 0 Å². The van der Waals surface area contributed by atoms with Crippen molar-refractivity contribution in [1.29, 1.82) is 0 Å². The first-order valence-corrected chi connectivity index (χ1v) is 3.53. The van der Waals surface area contributed by atoms with Crippen molar-refractivity contribution in [3.05, 3.63) is 0 Å². The average molecular weight is 141 g/mol. The summed E-state index contributed by atoms with van der Waals surface area (Å²) in [6, 6.07) is 0.171. The van der Waals surface area contributed by atoms with Crippen LogP contribution < -0.4 is 5.32 Å². The van der Waals surface area contributed by atoms with Gasteiger partial charge in [0, 0.05) is 13.7 Å². The minimum Gasteiger partial charge on any atom is -0.385 e. The molecule has 0 aromatic rings. The van der Waals surface area contributed by atoms with Crippen molar-refractivity contribution >= 4 is 0 Å². The maximum atomic E-state index is 5.23. The first-order chi connectivity index (χ1) is 4.85. The van der Waals surface area contributed by atoms with Gasteiger partial charge in [-0.3, -0.25) is 0 Å². The zero-order valence-electron chi connectivity index (χ0n) is 6.68. The number of ether oxygens (including phenoxy) is 1. The molecule has 1 unspecified atom stereocenters. The third kappa shape index (κ3) is 4.37. The molecule has 0 heterocycles. The minimum atomic E-state index is 0.171. The Balaban J connectivity index is 3.33. The Kier molecular flexibility index (Phi) is 6.25. The standard InChI is InChI=1S/C8H15NO/c1-4-8(9-5-2)6-7-10-3/h1,8-9H,5-7H2,2-3H3. The van der Waals surface area contributed by atoms with Crippen molar-refractivity contribution in [2.24, 2.45) is 0 Å². The fourth-order valence-electron chi connectivity index (χ4n) is 0.726. The van der Waals surface area contributed by atoms with E-state index in [4.69, 9.17) is 11.2 Å². The summed E-state index contributed by atoms with van der Waals surface area (Å²) < 4.78 is 4.88. The molecule has 0 aromatic carbocycles. The van der Waals surface area contributed by atoms with Crippen LogP contribution in [0.5, 0.6) is 0 Å². The van der Waals surface area contributed by atoms with Gasteiger partial charge in [-0.25, -0.2) is 0 Å². The highest BCUT2D eigenvalue weighted by Crippen LogP contribution is 1.88. The second kappa shape index (κ2) is 6.60. The van der Waals surface area contributed by atoms with Gasteiger partial charge in [-0.2, -0.15) is 0 Å². The molecule has 0 aliphatic rings. The second-order valence-electron chi connectivity index (χ2n) is 2.06. The molecule has 0 fully saturated rings. The molecule has 0 aliphatic heterocycles. The van der Waals surface area contributed by atoms with Crippen molar-refractivity contribution < 1.29 is 4.74 Å². The molecule has 2 nitrogen and oxygen atoms in total. The van der Waals surface area contributed by atoms with Gasteiger partial charge in [-0.15, -0.1) is 6.42 Å². The van der Waals surface area contributed by atoms with Gasteiger partial charge in [0.2, 0.25) is 0 Å². The van der Waals surface area contributed by atoms with Crippen LogP contribution in [0.2, 0.25) is 0 Å². The molecular formula is C8H15NO. The van der Waals surface area contributed by atoms with Gasteiger partial charge in [0.15, 0.2) is 0 Å². The van der Waals surface area contributed by atoms with Crippen LogP contribution in [0.25, 0.3) is 0 Å². The molecule has 0 amide bonds. The van der Waals surface area contributed by atoms with Crippen molar-refractivity contribution in [3.63, 3.8) is 0 Å². The lowest BCUT2D eigenvalue weighted by atomic mass is 10.2. The number of terminal acetylenes is 1. The minimum absolute atomic E-state index is 0.171. The Morgan fingerprint density at radius 1 is 1.70 bits per heavy atom. The first kappa shape index (κ1) is 9.48. The van der Waals surface area contributed by atoms with Crippen LogP contribution >= 0.6 is 0 Å². The van der Waals surface area contributed by atoms with E-state index in [9.17, 15) is 0 Å². The number of hydrogen-bond acceptors (Lipinski definition) is 2. The number of rotatable bonds is 5. The molecule has 0 spiro atoms. The summed E-state index contributed by atoms with van der Waals surface area (Å²) in [5, 5.41) is 3.15. The van der Waals surface area contributed by atoms with Gasteiger partial charge in [-0.05, 0) is 13.0 Å². The van der Waals surface area contributed by atoms with Crippen LogP contribution in [0.15, 0.2) is 0 Å². The van der Waals surface area contributed by atoms with E-state index < -0.39 is 0 Å². The summed E-state index contributed by atoms with van der Waals surface area (Å²) in [4.78, 5) is 0. The van der Waals surface area contributed by atoms with Crippen LogP contribution in [0.4, 0.5) is 0 Å². The molecular weight excluding hydrogens is 126 g/mol.